The fourth-order valence-corrected chi connectivity index (χ4v) is 6.47. The second-order valence-corrected chi connectivity index (χ2v) is 10.7. The van der Waals surface area contributed by atoms with Crippen molar-refractivity contribution in [3.05, 3.63) is 89.0 Å². The first kappa shape index (κ1) is 24.2. The third-order valence-electron chi connectivity index (χ3n) is 8.29. The van der Waals surface area contributed by atoms with Crippen LogP contribution in [0.4, 0.5) is 5.69 Å². The normalized spacial score (nSPS) is 18.6. The highest BCUT2D eigenvalue weighted by Crippen LogP contribution is 2.43. The summed E-state index contributed by atoms with van der Waals surface area (Å²) < 4.78 is 1.53. The fraction of sp³-hybridized carbons (Fsp3) is 0.303. The van der Waals surface area contributed by atoms with Gasteiger partial charge < -0.3 is 15.1 Å². The third kappa shape index (κ3) is 4.20. The number of anilines is 1. The van der Waals surface area contributed by atoms with Gasteiger partial charge in [0.25, 0.3) is 0 Å². The first-order valence-corrected chi connectivity index (χ1v) is 13.7. The van der Waals surface area contributed by atoms with E-state index in [4.69, 9.17) is 0 Å². The van der Waals surface area contributed by atoms with Crippen molar-refractivity contribution in [3.63, 3.8) is 0 Å². The molecule has 0 aliphatic carbocycles. The average Bonchev–Trinajstić information content (AvgIpc) is 3.38. The van der Waals surface area contributed by atoms with Gasteiger partial charge in [0, 0.05) is 34.8 Å². The van der Waals surface area contributed by atoms with Crippen molar-refractivity contribution in [3.8, 4) is 23.5 Å². The molecule has 2 fully saturated rings. The Bertz CT molecular complexity index is 1540. The summed E-state index contributed by atoms with van der Waals surface area (Å²) in [6.07, 6.45) is 9.55. The van der Waals surface area contributed by atoms with Gasteiger partial charge in [0.05, 0.1) is 17.3 Å². The van der Waals surface area contributed by atoms with Crippen molar-refractivity contribution in [1.29, 1.82) is 5.26 Å². The van der Waals surface area contributed by atoms with Gasteiger partial charge in [-0.2, -0.15) is 5.26 Å². The van der Waals surface area contributed by atoms with E-state index in [9.17, 15) is 15.5 Å². The summed E-state index contributed by atoms with van der Waals surface area (Å²) in [4.78, 5) is 2.57. The number of piperidine rings is 1. The summed E-state index contributed by atoms with van der Waals surface area (Å²) >= 11 is 0. The highest BCUT2D eigenvalue weighted by Gasteiger charge is 2.38. The van der Waals surface area contributed by atoms with Crippen LogP contribution in [-0.2, 0) is 6.42 Å². The molecule has 2 atom stereocenters. The Kier molecular flexibility index (Phi) is 6.33. The number of hydrogen-bond acceptors (Lipinski definition) is 4. The van der Waals surface area contributed by atoms with Gasteiger partial charge >= 0.3 is 0 Å². The molecule has 192 valence electrons. The van der Waals surface area contributed by atoms with Gasteiger partial charge in [-0.15, -0.1) is 0 Å². The zero-order chi connectivity index (χ0) is 26.2. The van der Waals surface area contributed by atoms with Crippen molar-refractivity contribution >= 4 is 22.5 Å². The second-order valence-electron chi connectivity index (χ2n) is 10.7. The first-order chi connectivity index (χ1) is 18.6. The molecule has 2 aliphatic rings. The monoisotopic (exact) mass is 503 g/mol. The lowest BCUT2D eigenvalue weighted by molar-refractivity contribution is 0.400. The zero-order valence-electron chi connectivity index (χ0n) is 21.8. The van der Waals surface area contributed by atoms with Crippen molar-refractivity contribution in [2.24, 2.45) is 0 Å². The number of benzene rings is 3. The second kappa shape index (κ2) is 9.95. The molecule has 3 aromatic carbocycles. The zero-order valence-corrected chi connectivity index (χ0v) is 21.8. The van der Waals surface area contributed by atoms with Crippen molar-refractivity contribution < 1.29 is 10.2 Å². The summed E-state index contributed by atoms with van der Waals surface area (Å²) in [5.74, 6) is 0.205. The maximum Gasteiger partial charge on any atom is 0.201 e. The highest BCUT2D eigenvalue weighted by molar-refractivity contribution is 5.94. The molecule has 2 bridgehead atoms. The van der Waals surface area contributed by atoms with Crippen LogP contribution in [0.25, 0.3) is 22.5 Å². The van der Waals surface area contributed by atoms with Crippen molar-refractivity contribution in [2.45, 2.75) is 64.0 Å². The smallest absolute Gasteiger partial charge is 0.201 e. The first-order valence-electron chi connectivity index (χ1n) is 13.7. The van der Waals surface area contributed by atoms with E-state index in [1.807, 2.05) is 36.4 Å². The van der Waals surface area contributed by atoms with E-state index >= 15 is 0 Å². The molecular formula is C33H33N3O2. The lowest BCUT2D eigenvalue weighted by Gasteiger charge is -2.38. The molecule has 0 saturated carbocycles. The molecule has 38 heavy (non-hydrogen) atoms. The van der Waals surface area contributed by atoms with E-state index in [0.29, 0.717) is 12.1 Å². The minimum absolute atomic E-state index is 0.0736. The molecular weight excluding hydrogens is 470 g/mol. The number of unbranched alkanes of at least 4 members (excludes halogenated alkanes) is 1. The minimum atomic E-state index is 0.0736. The van der Waals surface area contributed by atoms with Crippen LogP contribution in [0.2, 0.25) is 0 Å². The molecule has 0 radical (unpaired) electrons. The van der Waals surface area contributed by atoms with Crippen LogP contribution in [0.1, 0.15) is 62.1 Å². The van der Waals surface area contributed by atoms with E-state index in [1.165, 1.54) is 34.2 Å². The lowest BCUT2D eigenvalue weighted by atomic mass is 9.92. The maximum absolute atomic E-state index is 10.7. The molecule has 5 nitrogen and oxygen atoms in total. The molecule has 5 heteroatoms. The maximum atomic E-state index is 10.7. The summed E-state index contributed by atoms with van der Waals surface area (Å²) in [6.45, 7) is 2.12. The van der Waals surface area contributed by atoms with Crippen LogP contribution < -0.4 is 4.90 Å². The van der Waals surface area contributed by atoms with E-state index in [0.717, 1.165) is 59.7 Å². The van der Waals surface area contributed by atoms with Gasteiger partial charge in [-0.3, -0.25) is 4.57 Å². The SMILES string of the molecule is CCCCc1cc(O)n(-c2ccc(N3C4CCC3CC(=Cc3ccc(C#N)c5ccccc35)C4)cc2)c1O. The molecule has 6 rings (SSSR count). The molecule has 4 aromatic rings. The largest absolute Gasteiger partial charge is 0.494 e. The predicted molar refractivity (Wildman–Crippen MR) is 153 cm³/mol. The summed E-state index contributed by atoms with van der Waals surface area (Å²) in [5.41, 5.74) is 6.14. The number of fused-ring (bicyclic) bond motifs is 3. The van der Waals surface area contributed by atoms with E-state index in [-0.39, 0.29) is 11.8 Å². The van der Waals surface area contributed by atoms with Crippen LogP contribution >= 0.6 is 0 Å². The Balaban J connectivity index is 1.23. The number of aryl methyl sites for hydroxylation is 1. The summed E-state index contributed by atoms with van der Waals surface area (Å²) in [5, 5.41) is 32.9. The summed E-state index contributed by atoms with van der Waals surface area (Å²) in [6, 6.07) is 25.3. The van der Waals surface area contributed by atoms with Crippen molar-refractivity contribution in [1.82, 2.24) is 4.57 Å². The van der Waals surface area contributed by atoms with Crippen LogP contribution in [0.3, 0.4) is 0 Å². The highest BCUT2D eigenvalue weighted by atomic mass is 16.3. The van der Waals surface area contributed by atoms with Gasteiger partial charge in [0.1, 0.15) is 0 Å². The molecule has 3 heterocycles. The van der Waals surface area contributed by atoms with Crippen molar-refractivity contribution in [2.75, 3.05) is 4.90 Å². The van der Waals surface area contributed by atoms with Crippen LogP contribution in [0, 0.1) is 11.3 Å². The van der Waals surface area contributed by atoms with Gasteiger partial charge in [-0.1, -0.05) is 55.3 Å². The van der Waals surface area contributed by atoms with Gasteiger partial charge in [-0.05, 0) is 79.8 Å². The Hall–Kier alpha value is -4.17. The number of aromatic hydroxyl groups is 2. The van der Waals surface area contributed by atoms with Gasteiger partial charge in [0.2, 0.25) is 5.88 Å². The molecule has 2 unspecified atom stereocenters. The standard InChI is InChI=1S/C33H33N3O2/c1-2-3-6-24-20-32(37)36(33(24)38)27-13-11-26(12-14-27)35-28-15-16-29(35)19-22(18-28)17-23-9-10-25(21-34)31-8-5-4-7-30(23)31/h4-5,7-14,17,20,28-29,37-38H,2-3,6,15-16,18-19H2,1H3. The van der Waals surface area contributed by atoms with E-state index in [2.05, 4.69) is 48.2 Å². The van der Waals surface area contributed by atoms with Gasteiger partial charge in [-0.25, -0.2) is 0 Å². The van der Waals surface area contributed by atoms with E-state index in [1.54, 1.807) is 6.07 Å². The Morgan fingerprint density at radius 1 is 0.921 bits per heavy atom. The average molecular weight is 504 g/mol. The van der Waals surface area contributed by atoms with Crippen LogP contribution in [0.5, 0.6) is 11.8 Å². The Labute approximate surface area is 223 Å². The Morgan fingerprint density at radius 3 is 2.29 bits per heavy atom. The van der Waals surface area contributed by atoms with E-state index < -0.39 is 0 Å². The number of nitriles is 1. The predicted octanol–water partition coefficient (Wildman–Crippen LogP) is 7.47. The van der Waals surface area contributed by atoms with Crippen LogP contribution in [0.15, 0.2) is 72.3 Å². The molecule has 2 N–H and O–H groups in total. The third-order valence-corrected chi connectivity index (χ3v) is 8.29. The quantitative estimate of drug-likeness (QED) is 0.286. The molecule has 0 amide bonds. The fourth-order valence-electron chi connectivity index (χ4n) is 6.47. The number of rotatable bonds is 6. The van der Waals surface area contributed by atoms with Gasteiger partial charge in [0.15, 0.2) is 5.88 Å². The number of hydrogen-bond donors (Lipinski definition) is 2. The number of nitrogens with zero attached hydrogens (tertiary/aromatic N) is 3. The topological polar surface area (TPSA) is 72.4 Å². The molecule has 0 spiro atoms. The summed E-state index contributed by atoms with van der Waals surface area (Å²) in [7, 11) is 0. The molecule has 2 aliphatic heterocycles. The Morgan fingerprint density at radius 2 is 1.61 bits per heavy atom. The van der Waals surface area contributed by atoms with Crippen LogP contribution in [-0.4, -0.2) is 26.9 Å². The minimum Gasteiger partial charge on any atom is -0.494 e. The molecule has 2 saturated heterocycles. The molecule has 1 aromatic heterocycles. The number of aromatic nitrogens is 1. The lowest BCUT2D eigenvalue weighted by Crippen LogP contribution is -2.40.